The number of halogens is 3. The molecule has 0 bridgehead atoms. The van der Waals surface area contributed by atoms with Crippen molar-refractivity contribution < 1.29 is 4.39 Å². The molecule has 0 N–H and O–H groups in total. The molecule has 0 aliphatic carbocycles. The molecule has 3 nitrogen and oxygen atoms in total. The molecular weight excluding hydrogens is 368 g/mol. The van der Waals surface area contributed by atoms with Gasteiger partial charge in [0.05, 0.1) is 5.02 Å². The van der Waals surface area contributed by atoms with Crippen molar-refractivity contribution in [1.29, 1.82) is 0 Å². The largest absolute Gasteiger partial charge is 0.302 e. The number of thioether (sulfide) groups is 1. The van der Waals surface area contributed by atoms with Crippen molar-refractivity contribution >= 4 is 35.0 Å². The highest BCUT2D eigenvalue weighted by molar-refractivity contribution is 7.98. The summed E-state index contributed by atoms with van der Waals surface area (Å²) < 4.78 is 15.3. The van der Waals surface area contributed by atoms with Crippen molar-refractivity contribution in [2.45, 2.75) is 24.4 Å². The molecule has 1 aromatic heterocycles. The van der Waals surface area contributed by atoms with Gasteiger partial charge in [-0.2, -0.15) is 0 Å². The maximum absolute atomic E-state index is 13.3. The minimum absolute atomic E-state index is 0.237. The average Bonchev–Trinajstić information content (AvgIpc) is 2.95. The Kier molecular flexibility index (Phi) is 5.43. The van der Waals surface area contributed by atoms with Crippen LogP contribution in [-0.2, 0) is 12.3 Å². The third-order valence-electron chi connectivity index (χ3n) is 3.46. The minimum Gasteiger partial charge on any atom is -0.302 e. The molecule has 0 aliphatic rings. The smallest absolute Gasteiger partial charge is 0.191 e. The second-order valence-electron chi connectivity index (χ2n) is 5.09. The third kappa shape index (κ3) is 3.74. The molecule has 0 amide bonds. The molecule has 3 rings (SSSR count). The molecule has 3 aromatic rings. The monoisotopic (exact) mass is 381 g/mol. The van der Waals surface area contributed by atoms with Gasteiger partial charge in [0, 0.05) is 22.9 Å². The van der Waals surface area contributed by atoms with Crippen molar-refractivity contribution in [1.82, 2.24) is 14.8 Å². The van der Waals surface area contributed by atoms with Gasteiger partial charge < -0.3 is 4.57 Å². The van der Waals surface area contributed by atoms with Crippen LogP contribution in [0.1, 0.15) is 12.5 Å². The molecule has 0 saturated carbocycles. The number of nitrogens with zero attached hydrogens (tertiary/aromatic N) is 3. The van der Waals surface area contributed by atoms with Crippen LogP contribution in [0, 0.1) is 5.82 Å². The van der Waals surface area contributed by atoms with Crippen molar-refractivity contribution in [3.05, 3.63) is 63.9 Å². The summed E-state index contributed by atoms with van der Waals surface area (Å²) in [5.41, 5.74) is 1.68. The minimum atomic E-state index is -0.237. The second-order valence-corrected chi connectivity index (χ2v) is 6.88. The maximum Gasteiger partial charge on any atom is 0.191 e. The third-order valence-corrected chi connectivity index (χ3v) is 5.05. The van der Waals surface area contributed by atoms with E-state index in [1.807, 2.05) is 23.6 Å². The van der Waals surface area contributed by atoms with Gasteiger partial charge in [0.2, 0.25) is 0 Å². The van der Waals surface area contributed by atoms with Crippen LogP contribution in [0.25, 0.3) is 11.4 Å². The van der Waals surface area contributed by atoms with Gasteiger partial charge >= 0.3 is 0 Å². The Bertz CT molecular complexity index is 867. The standard InChI is InChI=1S/C17H14Cl2FN3S/c1-2-23-16(14-7-6-12(18)9-15(14)19)21-22-17(23)24-10-11-4-3-5-13(20)8-11/h3-9H,2,10H2,1H3. The van der Waals surface area contributed by atoms with Crippen LogP contribution >= 0.6 is 35.0 Å². The van der Waals surface area contributed by atoms with Gasteiger partial charge in [-0.15, -0.1) is 10.2 Å². The molecule has 0 saturated heterocycles. The van der Waals surface area contributed by atoms with Gasteiger partial charge in [0.15, 0.2) is 11.0 Å². The lowest BCUT2D eigenvalue weighted by Crippen LogP contribution is -2.00. The van der Waals surface area contributed by atoms with Crippen molar-refractivity contribution in [2.24, 2.45) is 0 Å². The van der Waals surface area contributed by atoms with E-state index >= 15 is 0 Å². The molecule has 2 aromatic carbocycles. The zero-order chi connectivity index (χ0) is 17.1. The highest BCUT2D eigenvalue weighted by atomic mass is 35.5. The number of hydrogen-bond donors (Lipinski definition) is 0. The van der Waals surface area contributed by atoms with E-state index in [4.69, 9.17) is 23.2 Å². The lowest BCUT2D eigenvalue weighted by atomic mass is 10.2. The van der Waals surface area contributed by atoms with E-state index in [1.165, 1.54) is 23.9 Å². The zero-order valence-corrected chi connectivity index (χ0v) is 15.2. The zero-order valence-electron chi connectivity index (χ0n) is 12.8. The molecule has 0 unspecified atom stereocenters. The predicted octanol–water partition coefficient (Wildman–Crippen LogP) is 5.70. The first-order valence-corrected chi connectivity index (χ1v) is 9.08. The number of rotatable bonds is 5. The fourth-order valence-electron chi connectivity index (χ4n) is 2.33. The summed E-state index contributed by atoms with van der Waals surface area (Å²) in [5, 5.41) is 10.4. The molecule has 0 aliphatic heterocycles. The van der Waals surface area contributed by atoms with E-state index < -0.39 is 0 Å². The molecule has 24 heavy (non-hydrogen) atoms. The molecule has 1 heterocycles. The number of aromatic nitrogens is 3. The normalized spacial score (nSPS) is 11.0. The molecule has 0 radical (unpaired) electrons. The summed E-state index contributed by atoms with van der Waals surface area (Å²) in [4.78, 5) is 0. The first kappa shape index (κ1) is 17.3. The van der Waals surface area contributed by atoms with E-state index in [0.29, 0.717) is 28.2 Å². The van der Waals surface area contributed by atoms with Crippen molar-refractivity contribution in [3.63, 3.8) is 0 Å². The van der Waals surface area contributed by atoms with E-state index in [1.54, 1.807) is 18.2 Å². The van der Waals surface area contributed by atoms with Gasteiger partial charge in [-0.3, -0.25) is 0 Å². The van der Waals surface area contributed by atoms with E-state index in [0.717, 1.165) is 16.3 Å². The highest BCUT2D eigenvalue weighted by Gasteiger charge is 2.16. The quantitative estimate of drug-likeness (QED) is 0.530. The van der Waals surface area contributed by atoms with Crippen molar-refractivity contribution in [3.8, 4) is 11.4 Å². The van der Waals surface area contributed by atoms with Gasteiger partial charge in [0.1, 0.15) is 5.82 Å². The van der Waals surface area contributed by atoms with Gasteiger partial charge in [0.25, 0.3) is 0 Å². The first-order chi connectivity index (χ1) is 11.6. The lowest BCUT2D eigenvalue weighted by molar-refractivity contribution is 0.626. The number of benzene rings is 2. The Labute approximate surface area is 153 Å². The number of hydrogen-bond acceptors (Lipinski definition) is 3. The van der Waals surface area contributed by atoms with Crippen LogP contribution in [-0.4, -0.2) is 14.8 Å². The van der Waals surface area contributed by atoms with Crippen LogP contribution in [0.5, 0.6) is 0 Å². The van der Waals surface area contributed by atoms with Crippen LogP contribution in [0.15, 0.2) is 47.6 Å². The summed E-state index contributed by atoms with van der Waals surface area (Å²) in [6.07, 6.45) is 0. The van der Waals surface area contributed by atoms with Gasteiger partial charge in [-0.05, 0) is 42.8 Å². The first-order valence-electron chi connectivity index (χ1n) is 7.34. The Morgan fingerprint density at radius 3 is 2.67 bits per heavy atom. The Hall–Kier alpha value is -1.56. The van der Waals surface area contributed by atoms with Crippen LogP contribution in [0.4, 0.5) is 4.39 Å². The van der Waals surface area contributed by atoms with E-state index in [2.05, 4.69) is 10.2 Å². The molecule has 124 valence electrons. The fourth-order valence-corrected chi connectivity index (χ4v) is 3.76. The summed E-state index contributed by atoms with van der Waals surface area (Å²) in [6, 6.07) is 11.8. The van der Waals surface area contributed by atoms with Crippen LogP contribution in [0.2, 0.25) is 10.0 Å². The van der Waals surface area contributed by atoms with Crippen molar-refractivity contribution in [2.75, 3.05) is 0 Å². The van der Waals surface area contributed by atoms with E-state index in [9.17, 15) is 4.39 Å². The summed E-state index contributed by atoms with van der Waals surface area (Å²) in [7, 11) is 0. The SMILES string of the molecule is CCn1c(SCc2cccc(F)c2)nnc1-c1ccc(Cl)cc1Cl. The summed E-state index contributed by atoms with van der Waals surface area (Å²) >= 11 is 13.7. The maximum atomic E-state index is 13.3. The predicted molar refractivity (Wildman–Crippen MR) is 97.1 cm³/mol. The highest BCUT2D eigenvalue weighted by Crippen LogP contribution is 2.32. The Balaban J connectivity index is 1.87. The molecule has 0 spiro atoms. The molecule has 7 heteroatoms. The van der Waals surface area contributed by atoms with Crippen LogP contribution in [0.3, 0.4) is 0 Å². The van der Waals surface area contributed by atoms with Gasteiger partial charge in [-0.1, -0.05) is 47.1 Å². The molecule has 0 fully saturated rings. The Morgan fingerprint density at radius 1 is 1.12 bits per heavy atom. The topological polar surface area (TPSA) is 30.7 Å². The second kappa shape index (κ2) is 7.55. The average molecular weight is 382 g/mol. The molecule has 0 atom stereocenters. The van der Waals surface area contributed by atoms with E-state index in [-0.39, 0.29) is 5.82 Å². The van der Waals surface area contributed by atoms with Gasteiger partial charge in [-0.25, -0.2) is 4.39 Å². The lowest BCUT2D eigenvalue weighted by Gasteiger charge is -2.09. The Morgan fingerprint density at radius 2 is 1.96 bits per heavy atom. The summed E-state index contributed by atoms with van der Waals surface area (Å²) in [5.74, 6) is 1.07. The molecular formula is C17H14Cl2FN3S. The van der Waals surface area contributed by atoms with Crippen LogP contribution < -0.4 is 0 Å². The summed E-state index contributed by atoms with van der Waals surface area (Å²) in [6.45, 7) is 2.72. The fraction of sp³-hybridized carbons (Fsp3) is 0.176.